The van der Waals surface area contributed by atoms with Gasteiger partial charge in [0.2, 0.25) is 11.8 Å². The Hall–Kier alpha value is -1.26. The van der Waals surface area contributed by atoms with E-state index in [2.05, 4.69) is 0 Å². The average Bonchev–Trinajstić information content (AvgIpc) is 2.19. The number of rotatable bonds is 5. The van der Waals surface area contributed by atoms with Gasteiger partial charge in [-0.15, -0.1) is 0 Å². The van der Waals surface area contributed by atoms with E-state index in [0.717, 1.165) is 5.56 Å². The van der Waals surface area contributed by atoms with Gasteiger partial charge in [0, 0.05) is 18.8 Å². The molecule has 0 aliphatic heterocycles. The van der Waals surface area contributed by atoms with Crippen LogP contribution < -0.4 is 11.5 Å². The maximum absolute atomic E-state index is 10.9. The van der Waals surface area contributed by atoms with Crippen molar-refractivity contribution in [2.24, 2.45) is 11.5 Å². The van der Waals surface area contributed by atoms with Crippen LogP contribution in [0.5, 0.6) is 0 Å². The van der Waals surface area contributed by atoms with E-state index in [1.807, 2.05) is 0 Å². The lowest BCUT2D eigenvalue weighted by Crippen LogP contribution is -2.20. The van der Waals surface area contributed by atoms with Crippen molar-refractivity contribution >= 4 is 35.0 Å². The highest BCUT2D eigenvalue weighted by Gasteiger charge is 2.18. The molecule has 4 nitrogen and oxygen atoms in total. The van der Waals surface area contributed by atoms with E-state index >= 15 is 0 Å². The summed E-state index contributed by atoms with van der Waals surface area (Å²) >= 11 is 11.6. The fraction of sp³-hybridized carbons (Fsp3) is 0.273. The Balaban J connectivity index is 2.98. The molecule has 0 heterocycles. The predicted molar refractivity (Wildman–Crippen MR) is 66.8 cm³/mol. The Morgan fingerprint density at radius 2 is 1.59 bits per heavy atom. The van der Waals surface area contributed by atoms with Crippen molar-refractivity contribution in [3.8, 4) is 0 Å². The van der Waals surface area contributed by atoms with Crippen molar-refractivity contribution in [3.05, 3.63) is 33.8 Å². The molecule has 0 aliphatic rings. The minimum absolute atomic E-state index is 0.0426. The minimum atomic E-state index is -0.498. The van der Waals surface area contributed by atoms with Gasteiger partial charge in [0.25, 0.3) is 0 Å². The second-order valence-electron chi connectivity index (χ2n) is 3.71. The molecule has 0 aliphatic carbocycles. The molecular weight excluding hydrogens is 263 g/mol. The summed E-state index contributed by atoms with van der Waals surface area (Å²) in [6, 6.07) is 4.92. The number of nitrogens with two attached hydrogens (primary N) is 2. The fourth-order valence-electron chi connectivity index (χ4n) is 1.56. The third-order valence-corrected chi connectivity index (χ3v) is 3.05. The van der Waals surface area contributed by atoms with Crippen LogP contribution in [-0.2, 0) is 9.59 Å². The molecular formula is C11H12Cl2N2O2. The number of hydrogen-bond donors (Lipinski definition) is 2. The van der Waals surface area contributed by atoms with Gasteiger partial charge < -0.3 is 11.5 Å². The summed E-state index contributed by atoms with van der Waals surface area (Å²) in [7, 11) is 0. The number of primary amides is 2. The largest absolute Gasteiger partial charge is 0.370 e. The molecule has 0 aromatic heterocycles. The lowest BCUT2D eigenvalue weighted by Gasteiger charge is -2.14. The predicted octanol–water partition coefficient (Wildman–Crippen LogP) is 1.83. The van der Waals surface area contributed by atoms with E-state index in [4.69, 9.17) is 34.7 Å². The summed E-state index contributed by atoms with van der Waals surface area (Å²) in [5.41, 5.74) is 11.0. The van der Waals surface area contributed by atoms with Crippen LogP contribution in [0.1, 0.15) is 24.3 Å². The van der Waals surface area contributed by atoms with Gasteiger partial charge in [0.05, 0.1) is 10.0 Å². The number of carbonyl (C=O) groups is 2. The summed E-state index contributed by atoms with van der Waals surface area (Å²) in [5, 5.41) is 0.774. The highest BCUT2D eigenvalue weighted by atomic mass is 35.5. The highest BCUT2D eigenvalue weighted by Crippen LogP contribution is 2.29. The van der Waals surface area contributed by atoms with Crippen LogP contribution in [0.2, 0.25) is 10.0 Å². The minimum Gasteiger partial charge on any atom is -0.370 e. The first-order valence-electron chi connectivity index (χ1n) is 4.91. The van der Waals surface area contributed by atoms with Crippen LogP contribution in [0.3, 0.4) is 0 Å². The van der Waals surface area contributed by atoms with Crippen LogP contribution in [0.25, 0.3) is 0 Å². The first-order chi connectivity index (χ1) is 7.90. The van der Waals surface area contributed by atoms with Gasteiger partial charge in [-0.3, -0.25) is 9.59 Å². The Bertz CT molecular complexity index is 433. The smallest absolute Gasteiger partial charge is 0.218 e. The standard InChI is InChI=1S/C11H12Cl2N2O2/c12-8-2-1-6(3-9(8)13)7(4-10(14)16)5-11(15)17/h1-3,7H,4-5H2,(H2,14,16)(H2,15,17). The zero-order valence-corrected chi connectivity index (χ0v) is 10.5. The van der Waals surface area contributed by atoms with E-state index in [0.29, 0.717) is 10.0 Å². The maximum Gasteiger partial charge on any atom is 0.218 e. The molecule has 1 rings (SSSR count). The Morgan fingerprint density at radius 1 is 1.06 bits per heavy atom. The van der Waals surface area contributed by atoms with E-state index in [9.17, 15) is 9.59 Å². The summed E-state index contributed by atoms with van der Waals surface area (Å²) < 4.78 is 0. The molecule has 0 unspecified atom stereocenters. The number of benzene rings is 1. The van der Waals surface area contributed by atoms with Crippen molar-refractivity contribution in [1.29, 1.82) is 0 Å². The summed E-state index contributed by atoms with van der Waals surface area (Å²) in [6.07, 6.45) is 0.0851. The van der Waals surface area contributed by atoms with Gasteiger partial charge >= 0.3 is 0 Å². The topological polar surface area (TPSA) is 86.2 Å². The molecule has 0 spiro atoms. The van der Waals surface area contributed by atoms with Gasteiger partial charge in [-0.1, -0.05) is 29.3 Å². The third kappa shape index (κ3) is 4.24. The van der Waals surface area contributed by atoms with Crippen LogP contribution in [-0.4, -0.2) is 11.8 Å². The molecule has 4 N–H and O–H groups in total. The Labute approximate surface area is 109 Å². The molecule has 17 heavy (non-hydrogen) atoms. The quantitative estimate of drug-likeness (QED) is 0.858. The van der Waals surface area contributed by atoms with E-state index in [1.165, 1.54) is 0 Å². The number of hydrogen-bond acceptors (Lipinski definition) is 2. The molecule has 1 aromatic carbocycles. The second kappa shape index (κ2) is 5.89. The van der Waals surface area contributed by atoms with Crippen LogP contribution in [0.15, 0.2) is 18.2 Å². The fourth-order valence-corrected chi connectivity index (χ4v) is 1.87. The molecule has 92 valence electrons. The highest BCUT2D eigenvalue weighted by molar-refractivity contribution is 6.42. The maximum atomic E-state index is 10.9. The first kappa shape index (κ1) is 13.8. The van der Waals surface area contributed by atoms with Gasteiger partial charge in [0.15, 0.2) is 0 Å². The molecule has 0 radical (unpaired) electrons. The summed E-state index contributed by atoms with van der Waals surface area (Å²) in [4.78, 5) is 21.9. The average molecular weight is 275 g/mol. The zero-order valence-electron chi connectivity index (χ0n) is 8.95. The number of amides is 2. The Kier molecular flexibility index (Phi) is 4.78. The normalized spacial score (nSPS) is 10.5. The van der Waals surface area contributed by atoms with Crippen molar-refractivity contribution < 1.29 is 9.59 Å². The SMILES string of the molecule is NC(=O)CC(CC(N)=O)c1ccc(Cl)c(Cl)c1. The first-order valence-corrected chi connectivity index (χ1v) is 5.67. The number of halogens is 2. The van der Waals surface area contributed by atoms with Crippen LogP contribution in [0.4, 0.5) is 0 Å². The molecule has 0 saturated heterocycles. The summed E-state index contributed by atoms with van der Waals surface area (Å²) in [5.74, 6) is -1.36. The van der Waals surface area contributed by atoms with Crippen LogP contribution in [0, 0.1) is 0 Å². The van der Waals surface area contributed by atoms with Crippen LogP contribution >= 0.6 is 23.2 Å². The lowest BCUT2D eigenvalue weighted by atomic mass is 9.92. The molecule has 0 fully saturated rings. The van der Waals surface area contributed by atoms with Crippen molar-refractivity contribution in [2.75, 3.05) is 0 Å². The van der Waals surface area contributed by atoms with Gasteiger partial charge in [-0.25, -0.2) is 0 Å². The van der Waals surface area contributed by atoms with Crippen molar-refractivity contribution in [3.63, 3.8) is 0 Å². The van der Waals surface area contributed by atoms with E-state index in [-0.39, 0.29) is 18.8 Å². The molecule has 0 atom stereocenters. The van der Waals surface area contributed by atoms with E-state index in [1.54, 1.807) is 18.2 Å². The Morgan fingerprint density at radius 3 is 2.00 bits per heavy atom. The molecule has 0 saturated carbocycles. The zero-order chi connectivity index (χ0) is 13.0. The molecule has 6 heteroatoms. The second-order valence-corrected chi connectivity index (χ2v) is 4.53. The lowest BCUT2D eigenvalue weighted by molar-refractivity contribution is -0.119. The third-order valence-electron chi connectivity index (χ3n) is 2.31. The number of carbonyl (C=O) groups excluding carboxylic acids is 2. The van der Waals surface area contributed by atoms with Gasteiger partial charge in [-0.05, 0) is 17.7 Å². The van der Waals surface area contributed by atoms with Gasteiger partial charge in [0.1, 0.15) is 0 Å². The molecule has 1 aromatic rings. The van der Waals surface area contributed by atoms with Gasteiger partial charge in [-0.2, -0.15) is 0 Å². The molecule has 2 amide bonds. The monoisotopic (exact) mass is 274 g/mol. The van der Waals surface area contributed by atoms with Crippen molar-refractivity contribution in [2.45, 2.75) is 18.8 Å². The molecule has 0 bridgehead atoms. The van der Waals surface area contributed by atoms with E-state index < -0.39 is 11.8 Å². The summed E-state index contributed by atoms with van der Waals surface area (Å²) in [6.45, 7) is 0. The van der Waals surface area contributed by atoms with Crippen molar-refractivity contribution in [1.82, 2.24) is 0 Å².